The lowest BCUT2D eigenvalue weighted by Gasteiger charge is -2.23. The third-order valence-electron chi connectivity index (χ3n) is 2.50. The van der Waals surface area contributed by atoms with E-state index in [0.29, 0.717) is 11.1 Å². The topological polar surface area (TPSA) is 70.1 Å². The number of nitrogens with zero attached hydrogens (tertiary/aromatic N) is 2. The molecule has 114 valence electrons. The minimum atomic E-state index is -0.732. The van der Waals surface area contributed by atoms with Crippen molar-refractivity contribution in [3.05, 3.63) is 15.0 Å². The molecule has 1 rings (SSSR count). The minimum Gasteiger partial charge on any atom is -0.459 e. The lowest BCUT2D eigenvalue weighted by molar-refractivity contribution is -0.156. The Morgan fingerprint density at radius 2 is 1.95 bits per heavy atom. The second kappa shape index (κ2) is 6.58. The molecule has 0 spiro atoms. The molecule has 0 amide bonds. The summed E-state index contributed by atoms with van der Waals surface area (Å²) < 4.78 is 8.67. The molecule has 5 nitrogen and oxygen atoms in total. The molecule has 20 heavy (non-hydrogen) atoms. The molecule has 0 aromatic carbocycles. The normalized spacial score (nSPS) is 13.7. The number of ether oxygens (including phenoxy) is 1. The number of hydrogen-bond acceptors (Lipinski definition) is 4. The van der Waals surface area contributed by atoms with Gasteiger partial charge in [0, 0.05) is 5.92 Å². The maximum absolute atomic E-state index is 12.0. The molecule has 0 fully saturated rings. The zero-order valence-electron chi connectivity index (χ0n) is 12.4. The zero-order chi connectivity index (χ0) is 15.7. The Hall–Kier alpha value is -0.400. The molecule has 1 unspecified atom stereocenters. The summed E-state index contributed by atoms with van der Waals surface area (Å²) in [5.74, 6) is 0.676. The van der Waals surface area contributed by atoms with E-state index in [1.54, 1.807) is 0 Å². The molecule has 7 heteroatoms. The van der Waals surface area contributed by atoms with Crippen molar-refractivity contribution in [3.8, 4) is 0 Å². The van der Waals surface area contributed by atoms with Gasteiger partial charge in [-0.05, 0) is 52.6 Å². The Kier molecular flexibility index (Phi) is 5.80. The van der Waals surface area contributed by atoms with Crippen molar-refractivity contribution in [3.63, 3.8) is 0 Å². The van der Waals surface area contributed by atoms with Crippen LogP contribution in [0.5, 0.6) is 0 Å². The number of carbonyl (C=O) groups is 1. The first kappa shape index (κ1) is 17.7. The first-order chi connectivity index (χ1) is 9.03. The maximum atomic E-state index is 12.0. The largest absolute Gasteiger partial charge is 0.459 e. The van der Waals surface area contributed by atoms with Gasteiger partial charge in [-0.25, -0.2) is 4.98 Å². The van der Waals surface area contributed by atoms with E-state index in [1.165, 1.54) is 0 Å². The van der Waals surface area contributed by atoms with Gasteiger partial charge in [0.15, 0.2) is 0 Å². The molecular weight excluding hydrogens is 390 g/mol. The van der Waals surface area contributed by atoms with E-state index < -0.39 is 17.6 Å². The average molecular weight is 411 g/mol. The van der Waals surface area contributed by atoms with E-state index in [9.17, 15) is 4.79 Å². The summed E-state index contributed by atoms with van der Waals surface area (Å²) in [4.78, 5) is 16.4. The predicted octanol–water partition coefficient (Wildman–Crippen LogP) is 3.20. The molecule has 1 atom stereocenters. The minimum absolute atomic E-state index is 0.225. The molecule has 0 bridgehead atoms. The van der Waals surface area contributed by atoms with Gasteiger partial charge < -0.3 is 15.0 Å². The van der Waals surface area contributed by atoms with Crippen LogP contribution in [0.4, 0.5) is 0 Å². The smallest absolute Gasteiger partial charge is 0.325 e. The number of hydrogen-bond donors (Lipinski definition) is 1. The number of esters is 1. The molecule has 2 N–H and O–H groups in total. The van der Waals surface area contributed by atoms with E-state index in [1.807, 2.05) is 39.2 Å². The van der Waals surface area contributed by atoms with Gasteiger partial charge in [-0.3, -0.25) is 4.79 Å². The third-order valence-corrected chi connectivity index (χ3v) is 4.39. The van der Waals surface area contributed by atoms with Gasteiger partial charge >= 0.3 is 5.97 Å². The zero-order valence-corrected chi connectivity index (χ0v) is 15.6. The van der Waals surface area contributed by atoms with Gasteiger partial charge in [-0.15, -0.1) is 0 Å². The molecule has 1 aromatic rings. The van der Waals surface area contributed by atoms with Crippen molar-refractivity contribution < 1.29 is 9.53 Å². The highest BCUT2D eigenvalue weighted by Crippen LogP contribution is 2.28. The van der Waals surface area contributed by atoms with E-state index in [4.69, 9.17) is 10.5 Å². The van der Waals surface area contributed by atoms with Crippen LogP contribution in [-0.2, 0) is 16.1 Å². The number of aromatic nitrogens is 2. The fraction of sp³-hybridized carbons (Fsp3) is 0.692. The summed E-state index contributed by atoms with van der Waals surface area (Å²) in [6.07, 6.45) is 0. The number of halogens is 2. The standard InChI is InChI=1S/C13H21Br2N3O2/c1-7(2)11-17-9(14)10(15)18(11)6-8(16)12(19)20-13(3,4)5/h7-8H,6,16H2,1-5H3. The van der Waals surface area contributed by atoms with E-state index >= 15 is 0 Å². The van der Waals surface area contributed by atoms with Crippen molar-refractivity contribution in [1.29, 1.82) is 0 Å². The van der Waals surface area contributed by atoms with Crippen LogP contribution >= 0.6 is 31.9 Å². The first-order valence-corrected chi connectivity index (χ1v) is 8.01. The van der Waals surface area contributed by atoms with Gasteiger partial charge in [0.1, 0.15) is 26.7 Å². The number of rotatable bonds is 4. The van der Waals surface area contributed by atoms with Gasteiger partial charge in [-0.1, -0.05) is 13.8 Å². The van der Waals surface area contributed by atoms with Crippen LogP contribution in [0.1, 0.15) is 46.4 Å². The van der Waals surface area contributed by atoms with Crippen molar-refractivity contribution in [2.45, 2.75) is 58.7 Å². The monoisotopic (exact) mass is 409 g/mol. The molecule has 0 saturated carbocycles. The summed E-state index contributed by atoms with van der Waals surface area (Å²) in [5.41, 5.74) is 5.40. The highest BCUT2D eigenvalue weighted by Gasteiger charge is 2.25. The highest BCUT2D eigenvalue weighted by atomic mass is 79.9. The second-order valence-electron chi connectivity index (χ2n) is 5.96. The Morgan fingerprint density at radius 3 is 2.40 bits per heavy atom. The molecular formula is C13H21Br2N3O2. The second-order valence-corrected chi connectivity index (χ2v) is 7.46. The van der Waals surface area contributed by atoms with Crippen LogP contribution in [-0.4, -0.2) is 27.2 Å². The Balaban J connectivity index is 2.90. The van der Waals surface area contributed by atoms with Crippen LogP contribution in [0.3, 0.4) is 0 Å². The summed E-state index contributed by atoms with van der Waals surface area (Å²) in [6, 6.07) is -0.732. The van der Waals surface area contributed by atoms with Gasteiger partial charge in [0.05, 0.1) is 6.54 Å². The number of carbonyl (C=O) groups excluding carboxylic acids is 1. The van der Waals surface area contributed by atoms with Gasteiger partial charge in [0.25, 0.3) is 0 Å². The van der Waals surface area contributed by atoms with Crippen LogP contribution in [0.15, 0.2) is 9.21 Å². The summed E-state index contributed by atoms with van der Waals surface area (Å²) >= 11 is 6.83. The summed E-state index contributed by atoms with van der Waals surface area (Å²) in [5, 5.41) is 0. The van der Waals surface area contributed by atoms with Crippen LogP contribution < -0.4 is 5.73 Å². The van der Waals surface area contributed by atoms with Crippen molar-refractivity contribution >= 4 is 37.8 Å². The number of nitrogens with two attached hydrogens (primary N) is 1. The van der Waals surface area contributed by atoms with Crippen LogP contribution in [0.25, 0.3) is 0 Å². The third kappa shape index (κ3) is 4.56. The molecule has 1 aromatic heterocycles. The van der Waals surface area contributed by atoms with Gasteiger partial charge in [-0.2, -0.15) is 0 Å². The predicted molar refractivity (Wildman–Crippen MR) is 85.5 cm³/mol. The molecule has 0 aliphatic heterocycles. The van der Waals surface area contributed by atoms with E-state index in [-0.39, 0.29) is 5.92 Å². The van der Waals surface area contributed by atoms with Crippen LogP contribution in [0.2, 0.25) is 0 Å². The fourth-order valence-electron chi connectivity index (χ4n) is 1.68. The Bertz CT molecular complexity index is 493. The summed E-state index contributed by atoms with van der Waals surface area (Å²) in [6.45, 7) is 9.86. The van der Waals surface area contributed by atoms with Crippen LogP contribution in [0, 0.1) is 0 Å². The first-order valence-electron chi connectivity index (χ1n) is 6.42. The summed E-state index contributed by atoms with van der Waals surface area (Å²) in [7, 11) is 0. The van der Waals surface area contributed by atoms with Crippen molar-refractivity contribution in [1.82, 2.24) is 9.55 Å². The lowest BCUT2D eigenvalue weighted by Crippen LogP contribution is -2.40. The molecule has 0 aliphatic carbocycles. The SMILES string of the molecule is CC(C)c1nc(Br)c(Br)n1CC(N)C(=O)OC(C)(C)C. The van der Waals surface area contributed by atoms with Crippen molar-refractivity contribution in [2.24, 2.45) is 5.73 Å². The van der Waals surface area contributed by atoms with E-state index in [0.717, 1.165) is 10.4 Å². The molecule has 0 radical (unpaired) electrons. The molecule has 0 aliphatic rings. The highest BCUT2D eigenvalue weighted by molar-refractivity contribution is 9.13. The Morgan fingerprint density at radius 1 is 1.40 bits per heavy atom. The van der Waals surface area contributed by atoms with Crippen molar-refractivity contribution in [2.75, 3.05) is 0 Å². The number of imidazole rings is 1. The quantitative estimate of drug-likeness (QED) is 0.773. The fourth-order valence-corrected chi connectivity index (χ4v) is 2.49. The van der Waals surface area contributed by atoms with Gasteiger partial charge in [0.2, 0.25) is 0 Å². The lowest BCUT2D eigenvalue weighted by atomic mass is 10.2. The van der Waals surface area contributed by atoms with E-state index in [2.05, 4.69) is 36.8 Å². The molecule has 0 saturated heterocycles. The molecule has 1 heterocycles. The average Bonchev–Trinajstić information content (AvgIpc) is 2.55. The maximum Gasteiger partial charge on any atom is 0.325 e. The Labute approximate surface area is 136 Å².